The molecule has 0 saturated carbocycles. The van der Waals surface area contributed by atoms with Crippen molar-refractivity contribution in [1.29, 1.82) is 0 Å². The smallest absolute Gasteiger partial charge is 0.271 e. The van der Waals surface area contributed by atoms with Crippen LogP contribution < -0.4 is 9.62 Å². The molecule has 0 aliphatic carbocycles. The molecule has 156 valence electrons. The summed E-state index contributed by atoms with van der Waals surface area (Å²) in [6, 6.07) is 10.5. The van der Waals surface area contributed by atoms with Crippen LogP contribution >= 0.6 is 0 Å². The molecule has 0 bridgehead atoms. The quantitative estimate of drug-likeness (QED) is 0.522. The first-order valence-electron chi connectivity index (χ1n) is 9.13. The van der Waals surface area contributed by atoms with Gasteiger partial charge in [0.05, 0.1) is 16.9 Å². The first kappa shape index (κ1) is 22.4. The average molecular weight is 420 g/mol. The summed E-state index contributed by atoms with van der Waals surface area (Å²) in [5.74, 6) is -0.466. The zero-order valence-electron chi connectivity index (χ0n) is 16.9. The molecule has 1 unspecified atom stereocenters. The number of nitro benzene ring substituents is 1. The van der Waals surface area contributed by atoms with Gasteiger partial charge in [0.1, 0.15) is 6.04 Å². The number of amides is 1. The maximum Gasteiger partial charge on any atom is 0.271 e. The van der Waals surface area contributed by atoms with Gasteiger partial charge in [0.25, 0.3) is 5.69 Å². The minimum atomic E-state index is -3.88. The molecule has 2 aromatic carbocycles. The number of hydrogen-bond donors (Lipinski definition) is 1. The number of non-ortho nitro benzene ring substituents is 1. The monoisotopic (exact) mass is 419 g/mol. The third-order valence-electron chi connectivity index (χ3n) is 4.69. The molecule has 1 N–H and O–H groups in total. The lowest BCUT2D eigenvalue weighted by molar-refractivity contribution is -0.384. The minimum Gasteiger partial charge on any atom is -0.350 e. The number of hydrogen-bond acceptors (Lipinski definition) is 5. The van der Waals surface area contributed by atoms with Gasteiger partial charge in [-0.15, -0.1) is 0 Å². The maximum absolute atomic E-state index is 12.9. The van der Waals surface area contributed by atoms with E-state index in [0.717, 1.165) is 21.7 Å². The average Bonchev–Trinajstić information content (AvgIpc) is 2.64. The molecule has 0 saturated heterocycles. The Morgan fingerprint density at radius 3 is 2.38 bits per heavy atom. The molecule has 0 aromatic heterocycles. The van der Waals surface area contributed by atoms with Gasteiger partial charge >= 0.3 is 0 Å². The Morgan fingerprint density at radius 1 is 1.17 bits per heavy atom. The van der Waals surface area contributed by atoms with Gasteiger partial charge in [-0.2, -0.15) is 0 Å². The molecule has 0 aliphatic rings. The van der Waals surface area contributed by atoms with E-state index in [-0.39, 0.29) is 24.3 Å². The summed E-state index contributed by atoms with van der Waals surface area (Å²) in [7, 11) is -3.88. The van der Waals surface area contributed by atoms with Crippen molar-refractivity contribution in [3.05, 3.63) is 69.3 Å². The van der Waals surface area contributed by atoms with Crippen molar-refractivity contribution in [3.8, 4) is 0 Å². The van der Waals surface area contributed by atoms with Gasteiger partial charge in [0.2, 0.25) is 15.9 Å². The molecular weight excluding hydrogens is 394 g/mol. The molecule has 0 heterocycles. The zero-order valence-corrected chi connectivity index (χ0v) is 17.7. The van der Waals surface area contributed by atoms with Gasteiger partial charge in [-0.25, -0.2) is 8.42 Å². The SMILES string of the molecule is CCC(C(=O)NCc1ccccc1C)N(c1cc([N+](=O)[O-])ccc1C)S(C)(=O)=O. The van der Waals surface area contributed by atoms with Crippen molar-refractivity contribution >= 4 is 27.3 Å². The number of carbonyl (C=O) groups is 1. The first-order chi connectivity index (χ1) is 13.6. The summed E-state index contributed by atoms with van der Waals surface area (Å²) < 4.78 is 26.1. The highest BCUT2D eigenvalue weighted by molar-refractivity contribution is 7.92. The lowest BCUT2D eigenvalue weighted by atomic mass is 10.1. The second-order valence-corrected chi connectivity index (χ2v) is 8.71. The van der Waals surface area contributed by atoms with E-state index < -0.39 is 26.9 Å². The Bertz CT molecular complexity index is 1020. The number of nitrogens with zero attached hydrogens (tertiary/aromatic N) is 2. The first-order valence-corrected chi connectivity index (χ1v) is 11.0. The third kappa shape index (κ3) is 5.32. The van der Waals surface area contributed by atoms with E-state index in [2.05, 4.69) is 5.32 Å². The number of anilines is 1. The molecule has 1 amide bonds. The van der Waals surface area contributed by atoms with Crippen LogP contribution in [-0.2, 0) is 21.4 Å². The largest absolute Gasteiger partial charge is 0.350 e. The highest BCUT2D eigenvalue weighted by atomic mass is 32.2. The van der Waals surface area contributed by atoms with Gasteiger partial charge in [-0.1, -0.05) is 37.3 Å². The van der Waals surface area contributed by atoms with Crippen LogP contribution in [0.3, 0.4) is 0 Å². The standard InChI is InChI=1S/C20H25N3O5S/c1-5-18(20(24)21-13-16-9-7-6-8-14(16)2)22(29(4,27)28)19-12-17(23(25)26)11-10-15(19)3/h6-12,18H,5,13H2,1-4H3,(H,21,24). The van der Waals surface area contributed by atoms with Gasteiger partial charge < -0.3 is 5.32 Å². The lowest BCUT2D eigenvalue weighted by Gasteiger charge is -2.31. The maximum atomic E-state index is 12.9. The van der Waals surface area contributed by atoms with Crippen molar-refractivity contribution in [3.63, 3.8) is 0 Å². The molecule has 9 heteroatoms. The molecule has 2 rings (SSSR count). The summed E-state index contributed by atoms with van der Waals surface area (Å²) in [4.78, 5) is 23.5. The summed E-state index contributed by atoms with van der Waals surface area (Å²) in [6.45, 7) is 5.53. The Morgan fingerprint density at radius 2 is 1.83 bits per heavy atom. The number of sulfonamides is 1. The fourth-order valence-electron chi connectivity index (χ4n) is 3.09. The zero-order chi connectivity index (χ0) is 21.8. The summed E-state index contributed by atoms with van der Waals surface area (Å²) >= 11 is 0. The minimum absolute atomic E-state index is 0.125. The van der Waals surface area contributed by atoms with Crippen molar-refractivity contribution in [2.75, 3.05) is 10.6 Å². The van der Waals surface area contributed by atoms with E-state index in [1.54, 1.807) is 13.8 Å². The van der Waals surface area contributed by atoms with E-state index in [4.69, 9.17) is 0 Å². The van der Waals surface area contributed by atoms with Crippen LogP contribution in [0.1, 0.15) is 30.0 Å². The predicted molar refractivity (Wildman–Crippen MR) is 112 cm³/mol. The second kappa shape index (κ2) is 9.04. The van der Waals surface area contributed by atoms with Crippen LogP contribution in [0.25, 0.3) is 0 Å². The molecule has 8 nitrogen and oxygen atoms in total. The van der Waals surface area contributed by atoms with E-state index in [1.165, 1.54) is 18.2 Å². The Labute approximate surface area is 170 Å². The number of rotatable bonds is 8. The molecule has 0 fully saturated rings. The summed E-state index contributed by atoms with van der Waals surface area (Å²) in [5, 5.41) is 14.0. The topological polar surface area (TPSA) is 110 Å². The van der Waals surface area contributed by atoms with Crippen LogP contribution in [0, 0.1) is 24.0 Å². The second-order valence-electron chi connectivity index (χ2n) is 6.86. The van der Waals surface area contributed by atoms with Crippen LogP contribution in [-0.4, -0.2) is 31.5 Å². The normalized spacial score (nSPS) is 12.3. The van der Waals surface area contributed by atoms with E-state index in [9.17, 15) is 23.3 Å². The van der Waals surface area contributed by atoms with Crippen LogP contribution in [0.4, 0.5) is 11.4 Å². The number of nitro groups is 1. The van der Waals surface area contributed by atoms with Gasteiger partial charge in [-0.05, 0) is 37.0 Å². The molecule has 29 heavy (non-hydrogen) atoms. The molecule has 0 aliphatic heterocycles. The van der Waals surface area contributed by atoms with Crippen molar-refractivity contribution in [2.45, 2.75) is 39.8 Å². The van der Waals surface area contributed by atoms with Gasteiger partial charge in [0, 0.05) is 18.7 Å². The lowest BCUT2D eigenvalue weighted by Crippen LogP contribution is -2.49. The predicted octanol–water partition coefficient (Wildman–Crippen LogP) is 3.07. The molecule has 2 aromatic rings. The molecule has 1 atom stereocenters. The number of benzene rings is 2. The highest BCUT2D eigenvalue weighted by Gasteiger charge is 2.33. The number of carbonyl (C=O) groups excluding carboxylic acids is 1. The van der Waals surface area contributed by atoms with Crippen LogP contribution in [0.5, 0.6) is 0 Å². The van der Waals surface area contributed by atoms with E-state index in [1.807, 2.05) is 31.2 Å². The van der Waals surface area contributed by atoms with Crippen molar-refractivity contribution in [1.82, 2.24) is 5.32 Å². The molecule has 0 radical (unpaired) electrons. The Hall–Kier alpha value is -2.94. The number of aryl methyl sites for hydroxylation is 2. The van der Waals surface area contributed by atoms with Gasteiger partial charge in [-0.3, -0.25) is 19.2 Å². The molecular formula is C20H25N3O5S. The number of nitrogens with one attached hydrogen (secondary N) is 1. The Kier molecular flexibility index (Phi) is 6.97. The van der Waals surface area contributed by atoms with Gasteiger partial charge in [0.15, 0.2) is 0 Å². The summed E-state index contributed by atoms with van der Waals surface area (Å²) in [5.41, 5.74) is 2.34. The van der Waals surface area contributed by atoms with Crippen LogP contribution in [0.2, 0.25) is 0 Å². The molecule has 0 spiro atoms. The summed E-state index contributed by atoms with van der Waals surface area (Å²) in [6.07, 6.45) is 1.19. The van der Waals surface area contributed by atoms with Crippen molar-refractivity contribution in [2.24, 2.45) is 0 Å². The van der Waals surface area contributed by atoms with Crippen molar-refractivity contribution < 1.29 is 18.1 Å². The van der Waals surface area contributed by atoms with E-state index >= 15 is 0 Å². The fourth-order valence-corrected chi connectivity index (χ4v) is 4.35. The highest BCUT2D eigenvalue weighted by Crippen LogP contribution is 2.30. The fraction of sp³-hybridized carbons (Fsp3) is 0.350. The van der Waals surface area contributed by atoms with Crippen LogP contribution in [0.15, 0.2) is 42.5 Å². The van der Waals surface area contributed by atoms with E-state index in [0.29, 0.717) is 5.56 Å². The Balaban J connectivity index is 2.40. The third-order valence-corrected chi connectivity index (χ3v) is 5.85.